The molecule has 0 amide bonds. The predicted octanol–water partition coefficient (Wildman–Crippen LogP) is 9.11. The molecule has 40 heavy (non-hydrogen) atoms. The average Bonchev–Trinajstić information content (AvgIpc) is 3.10. The van der Waals surface area contributed by atoms with Crippen LogP contribution in [0, 0.1) is 6.92 Å². The molecule has 2 aromatic carbocycles. The van der Waals surface area contributed by atoms with Crippen molar-refractivity contribution in [3.05, 3.63) is 101 Å². The Morgan fingerprint density at radius 1 is 1.02 bits per heavy atom. The molecule has 1 aliphatic heterocycles. The maximum atomic E-state index is 5.09. The summed E-state index contributed by atoms with van der Waals surface area (Å²) in [5.74, 6) is 0. The van der Waals surface area contributed by atoms with Gasteiger partial charge in [-0.15, -0.1) is 0 Å². The third kappa shape index (κ3) is 5.32. The number of rotatable bonds is 8. The van der Waals surface area contributed by atoms with Crippen LogP contribution in [0.2, 0.25) is 0 Å². The molecule has 3 nitrogen and oxygen atoms in total. The van der Waals surface area contributed by atoms with Gasteiger partial charge in [-0.25, -0.2) is 0 Å². The van der Waals surface area contributed by atoms with Gasteiger partial charge in [0.25, 0.3) is 0 Å². The van der Waals surface area contributed by atoms with Crippen LogP contribution in [0.1, 0.15) is 81.3 Å². The zero-order chi connectivity index (χ0) is 28.4. The summed E-state index contributed by atoms with van der Waals surface area (Å²) in [5.41, 5.74) is 12.1. The normalized spacial score (nSPS) is 16.5. The fraction of sp³-hybridized carbons (Fsp3) is 0.378. The number of aromatic nitrogens is 1. The summed E-state index contributed by atoms with van der Waals surface area (Å²) in [6, 6.07) is 15.3. The molecule has 3 heteroatoms. The van der Waals surface area contributed by atoms with Gasteiger partial charge in [-0.2, -0.15) is 0 Å². The Bertz CT molecular complexity index is 1530. The summed E-state index contributed by atoms with van der Waals surface area (Å²) in [4.78, 5) is 7.68. The molecule has 3 aromatic rings. The third-order valence-corrected chi connectivity index (χ3v) is 9.19. The molecule has 0 N–H and O–H groups in total. The van der Waals surface area contributed by atoms with E-state index in [1.165, 1.54) is 69.3 Å². The molecule has 1 saturated heterocycles. The van der Waals surface area contributed by atoms with Gasteiger partial charge >= 0.3 is 0 Å². The Hall–Kier alpha value is -3.43. The quantitative estimate of drug-likeness (QED) is 0.210. The van der Waals surface area contributed by atoms with Gasteiger partial charge < -0.3 is 4.57 Å². The van der Waals surface area contributed by atoms with E-state index in [1.807, 2.05) is 0 Å². The average molecular weight is 532 g/mol. The summed E-state index contributed by atoms with van der Waals surface area (Å²) >= 11 is 0. The van der Waals surface area contributed by atoms with Crippen molar-refractivity contribution in [2.75, 3.05) is 19.6 Å². The highest BCUT2D eigenvalue weighted by molar-refractivity contribution is 6.06. The molecule has 0 saturated carbocycles. The fourth-order valence-electron chi connectivity index (χ4n) is 6.30. The highest BCUT2D eigenvalue weighted by Gasteiger charge is 2.30. The van der Waals surface area contributed by atoms with Crippen molar-refractivity contribution in [3.8, 4) is 0 Å². The number of aryl methyl sites for hydroxylation is 2. The molecule has 1 aromatic heterocycles. The van der Waals surface area contributed by atoms with E-state index in [2.05, 4.69) is 118 Å². The van der Waals surface area contributed by atoms with Crippen LogP contribution in [0.5, 0.6) is 0 Å². The molecular weight excluding hydrogens is 486 g/mol. The number of aliphatic imine (C=N–C) groups is 1. The minimum atomic E-state index is -0.0282. The number of hydrogen-bond donors (Lipinski definition) is 0. The number of benzene rings is 2. The highest BCUT2D eigenvalue weighted by atomic mass is 15.2. The summed E-state index contributed by atoms with van der Waals surface area (Å²) in [7, 11) is 0. The van der Waals surface area contributed by atoms with Gasteiger partial charge in [-0.1, -0.05) is 56.0 Å². The number of fused-ring (bicyclic) bond motifs is 3. The summed E-state index contributed by atoms with van der Waals surface area (Å²) in [5, 5.41) is 1.27. The number of likely N-dealkylation sites (tertiary alicyclic amines) is 1. The van der Waals surface area contributed by atoms with Crippen LogP contribution in [0.15, 0.2) is 77.8 Å². The molecule has 2 heterocycles. The lowest BCUT2D eigenvalue weighted by molar-refractivity contribution is 0.123. The first-order valence-corrected chi connectivity index (χ1v) is 15.0. The van der Waals surface area contributed by atoms with Crippen molar-refractivity contribution >= 4 is 34.3 Å². The molecular formula is C37H45N3. The molecule has 0 bridgehead atoms. The molecule has 1 fully saturated rings. The van der Waals surface area contributed by atoms with Crippen molar-refractivity contribution in [2.24, 2.45) is 4.99 Å². The summed E-state index contributed by atoms with van der Waals surface area (Å²) in [6.07, 6.45) is 11.8. The fourth-order valence-corrected chi connectivity index (χ4v) is 6.30. The molecule has 0 spiro atoms. The molecule has 5 rings (SSSR count). The lowest BCUT2D eigenvalue weighted by atomic mass is 9.90. The first kappa shape index (κ1) is 28.1. The zero-order valence-electron chi connectivity index (χ0n) is 25.2. The second-order valence-corrected chi connectivity index (χ2v) is 12.0. The standard InChI is InChI=1S/C37H45N3/c1-8-40-35-18-14-16-31(29(5)38-25-27(3)37(6,7)39-21-12-9-13-22-39)24-34(35)33-23-30(19-20-36(33)40)28(4)32-17-11-10-15-26(32)2/h10-11,14-15,17-20,23-24H,3-4,8-9,12-13,16,21-22,25H2,1-2,5-7H3. The van der Waals surface area contributed by atoms with Crippen LogP contribution in [-0.2, 0) is 6.54 Å². The zero-order valence-corrected chi connectivity index (χ0v) is 25.2. The van der Waals surface area contributed by atoms with E-state index in [0.717, 1.165) is 37.3 Å². The smallest absolute Gasteiger partial charge is 0.0617 e. The van der Waals surface area contributed by atoms with Crippen LogP contribution in [0.25, 0.3) is 28.6 Å². The van der Waals surface area contributed by atoms with Gasteiger partial charge in [-0.3, -0.25) is 9.89 Å². The van der Waals surface area contributed by atoms with Gasteiger partial charge in [-0.05, 0) is 125 Å². The van der Waals surface area contributed by atoms with E-state index >= 15 is 0 Å². The van der Waals surface area contributed by atoms with E-state index in [1.54, 1.807) is 0 Å². The maximum Gasteiger partial charge on any atom is 0.0617 e. The number of allylic oxidation sites excluding steroid dienone is 2. The molecule has 0 unspecified atom stereocenters. The first-order valence-electron chi connectivity index (χ1n) is 15.0. The van der Waals surface area contributed by atoms with E-state index in [9.17, 15) is 0 Å². The minimum Gasteiger partial charge on any atom is -0.341 e. The van der Waals surface area contributed by atoms with Crippen molar-refractivity contribution in [1.29, 1.82) is 0 Å². The first-order chi connectivity index (χ1) is 19.2. The van der Waals surface area contributed by atoms with Crippen molar-refractivity contribution in [3.63, 3.8) is 0 Å². The lowest BCUT2D eigenvalue weighted by Gasteiger charge is -2.42. The Morgan fingerprint density at radius 2 is 1.77 bits per heavy atom. The molecule has 208 valence electrons. The SMILES string of the molecule is C=C(c1ccc2c(c1)c1c(n2CC)C=CCC(C(C)=NCC(=C)C(C)(C)N2CCCCC2)=C1)c1ccccc1C. The Kier molecular flexibility index (Phi) is 8.14. The van der Waals surface area contributed by atoms with Crippen molar-refractivity contribution < 1.29 is 0 Å². The van der Waals surface area contributed by atoms with E-state index in [0.29, 0.717) is 6.54 Å². The number of piperidine rings is 1. The minimum absolute atomic E-state index is 0.0282. The molecule has 2 aliphatic rings. The lowest BCUT2D eigenvalue weighted by Crippen LogP contribution is -2.48. The van der Waals surface area contributed by atoms with E-state index < -0.39 is 0 Å². The Labute approximate surface area is 241 Å². The highest BCUT2D eigenvalue weighted by Crippen LogP contribution is 2.35. The van der Waals surface area contributed by atoms with Crippen LogP contribution in [-0.4, -0.2) is 40.4 Å². The summed E-state index contributed by atoms with van der Waals surface area (Å²) < 4.78 is 2.43. The van der Waals surface area contributed by atoms with Gasteiger partial charge in [0.05, 0.1) is 6.54 Å². The van der Waals surface area contributed by atoms with Crippen LogP contribution < -0.4 is 0 Å². The van der Waals surface area contributed by atoms with Crippen LogP contribution >= 0.6 is 0 Å². The molecule has 0 radical (unpaired) electrons. The number of hydrogen-bond acceptors (Lipinski definition) is 2. The van der Waals surface area contributed by atoms with Gasteiger partial charge in [0.15, 0.2) is 0 Å². The Balaban J connectivity index is 1.48. The van der Waals surface area contributed by atoms with Crippen LogP contribution in [0.4, 0.5) is 0 Å². The third-order valence-electron chi connectivity index (χ3n) is 9.19. The maximum absolute atomic E-state index is 5.09. The largest absolute Gasteiger partial charge is 0.341 e. The predicted molar refractivity (Wildman–Crippen MR) is 175 cm³/mol. The topological polar surface area (TPSA) is 20.5 Å². The van der Waals surface area contributed by atoms with Gasteiger partial charge in [0, 0.05) is 40.0 Å². The molecule has 0 atom stereocenters. The van der Waals surface area contributed by atoms with Crippen molar-refractivity contribution in [1.82, 2.24) is 9.47 Å². The monoisotopic (exact) mass is 531 g/mol. The van der Waals surface area contributed by atoms with E-state index in [4.69, 9.17) is 4.99 Å². The van der Waals surface area contributed by atoms with Gasteiger partial charge in [0.1, 0.15) is 0 Å². The van der Waals surface area contributed by atoms with Crippen molar-refractivity contribution in [2.45, 2.75) is 72.4 Å². The second-order valence-electron chi connectivity index (χ2n) is 12.0. The summed E-state index contributed by atoms with van der Waals surface area (Å²) in [6.45, 7) is 24.1. The second kappa shape index (κ2) is 11.6. The van der Waals surface area contributed by atoms with E-state index in [-0.39, 0.29) is 5.54 Å². The van der Waals surface area contributed by atoms with Gasteiger partial charge in [0.2, 0.25) is 0 Å². The van der Waals surface area contributed by atoms with Crippen LogP contribution in [0.3, 0.4) is 0 Å². The number of nitrogens with zero attached hydrogens (tertiary/aromatic N) is 3. The molecule has 1 aliphatic carbocycles. The Morgan fingerprint density at radius 3 is 2.50 bits per heavy atom.